The Morgan fingerprint density at radius 1 is 1.12 bits per heavy atom. The number of carbonyl (C=O) groups is 1. The van der Waals surface area contributed by atoms with E-state index in [9.17, 15) is 4.79 Å². The first-order valence-electron chi connectivity index (χ1n) is 9.53. The highest BCUT2D eigenvalue weighted by atomic mass is 16.2. The quantitative estimate of drug-likeness (QED) is 0.858. The zero-order valence-electron chi connectivity index (χ0n) is 14.8. The largest absolute Gasteiger partial charge is 0.336 e. The fraction of sp³-hybridized carbons (Fsp3) is 0.600. The molecule has 5 heteroatoms. The van der Waals surface area contributed by atoms with E-state index in [1.54, 1.807) is 24.3 Å². The topological polar surface area (TPSA) is 68.2 Å². The van der Waals surface area contributed by atoms with Gasteiger partial charge in [-0.05, 0) is 62.4 Å². The van der Waals surface area contributed by atoms with Gasteiger partial charge < -0.3 is 10.6 Å². The molecule has 0 spiro atoms. The molecular formula is C20H28N4O. The molecule has 1 aliphatic carbocycles. The lowest BCUT2D eigenvalue weighted by Gasteiger charge is -2.31. The number of benzene rings is 1. The van der Waals surface area contributed by atoms with Crippen LogP contribution in [0, 0.1) is 17.2 Å². The van der Waals surface area contributed by atoms with Gasteiger partial charge in [-0.1, -0.05) is 19.3 Å². The number of amides is 2. The summed E-state index contributed by atoms with van der Waals surface area (Å²) in [5.41, 5.74) is 1.30. The zero-order valence-corrected chi connectivity index (χ0v) is 14.8. The fourth-order valence-electron chi connectivity index (χ4n) is 4.08. The fourth-order valence-corrected chi connectivity index (χ4v) is 4.08. The van der Waals surface area contributed by atoms with Crippen LogP contribution in [0.1, 0.15) is 50.5 Å². The number of nitriles is 1. The molecule has 2 fully saturated rings. The molecule has 2 amide bonds. The summed E-state index contributed by atoms with van der Waals surface area (Å²) in [6, 6.07) is 9.29. The molecule has 1 unspecified atom stereocenters. The Morgan fingerprint density at radius 3 is 2.60 bits per heavy atom. The van der Waals surface area contributed by atoms with Crippen molar-refractivity contribution < 1.29 is 4.79 Å². The Labute approximate surface area is 150 Å². The predicted octanol–water partition coefficient (Wildman–Crippen LogP) is 3.72. The summed E-state index contributed by atoms with van der Waals surface area (Å²) in [6.45, 7) is 3.07. The summed E-state index contributed by atoms with van der Waals surface area (Å²) in [7, 11) is 0. The van der Waals surface area contributed by atoms with Crippen LogP contribution < -0.4 is 10.6 Å². The molecule has 1 saturated carbocycles. The molecule has 1 aromatic carbocycles. The van der Waals surface area contributed by atoms with Crippen molar-refractivity contribution >= 4 is 11.7 Å². The summed E-state index contributed by atoms with van der Waals surface area (Å²) >= 11 is 0. The lowest BCUT2D eigenvalue weighted by Crippen LogP contribution is -2.43. The Kier molecular flexibility index (Phi) is 6.30. The Bertz CT molecular complexity index is 601. The smallest absolute Gasteiger partial charge is 0.319 e. The molecule has 5 nitrogen and oxygen atoms in total. The van der Waals surface area contributed by atoms with Crippen molar-refractivity contribution in [3.63, 3.8) is 0 Å². The third kappa shape index (κ3) is 5.20. The van der Waals surface area contributed by atoms with E-state index in [4.69, 9.17) is 5.26 Å². The molecule has 0 aromatic heterocycles. The summed E-state index contributed by atoms with van der Waals surface area (Å²) < 4.78 is 0. The molecule has 1 atom stereocenters. The molecule has 0 radical (unpaired) electrons. The van der Waals surface area contributed by atoms with E-state index in [-0.39, 0.29) is 6.03 Å². The molecule has 1 aromatic rings. The normalized spacial score (nSPS) is 21.6. The van der Waals surface area contributed by atoms with Crippen LogP contribution in [-0.2, 0) is 0 Å². The van der Waals surface area contributed by atoms with E-state index < -0.39 is 0 Å². The standard InChI is InChI=1S/C20H28N4O/c21-13-16-8-10-18(11-9-16)23-20(25)22-14-19-7-4-12-24(19)15-17-5-2-1-3-6-17/h8-11,17,19H,1-7,12,14-15H2,(H2,22,23,25). The van der Waals surface area contributed by atoms with Crippen LogP contribution in [0.4, 0.5) is 10.5 Å². The van der Waals surface area contributed by atoms with Crippen molar-refractivity contribution in [2.45, 2.75) is 51.0 Å². The Balaban J connectivity index is 1.43. The molecule has 25 heavy (non-hydrogen) atoms. The number of anilines is 1. The number of nitrogens with one attached hydrogen (secondary N) is 2. The van der Waals surface area contributed by atoms with Crippen molar-refractivity contribution in [1.29, 1.82) is 5.26 Å². The summed E-state index contributed by atoms with van der Waals surface area (Å²) in [5.74, 6) is 0.849. The molecule has 134 valence electrons. The minimum Gasteiger partial charge on any atom is -0.336 e. The monoisotopic (exact) mass is 340 g/mol. The number of urea groups is 1. The molecule has 2 N–H and O–H groups in total. The Hall–Kier alpha value is -2.06. The SMILES string of the molecule is N#Cc1ccc(NC(=O)NCC2CCCN2CC2CCCCC2)cc1. The number of rotatable bonds is 5. The number of hydrogen-bond donors (Lipinski definition) is 2. The van der Waals surface area contributed by atoms with Gasteiger partial charge in [0, 0.05) is 24.8 Å². The molecule has 0 bridgehead atoms. The highest BCUT2D eigenvalue weighted by molar-refractivity contribution is 5.89. The minimum atomic E-state index is -0.172. The Morgan fingerprint density at radius 2 is 1.88 bits per heavy atom. The first-order valence-corrected chi connectivity index (χ1v) is 9.53. The van der Waals surface area contributed by atoms with Crippen molar-refractivity contribution in [2.24, 2.45) is 5.92 Å². The first-order chi connectivity index (χ1) is 12.2. The van der Waals surface area contributed by atoms with E-state index in [0.717, 1.165) is 5.92 Å². The number of nitrogens with zero attached hydrogens (tertiary/aromatic N) is 2. The van der Waals surface area contributed by atoms with E-state index in [0.29, 0.717) is 23.8 Å². The average molecular weight is 340 g/mol. The lowest BCUT2D eigenvalue weighted by atomic mass is 9.89. The highest BCUT2D eigenvalue weighted by Gasteiger charge is 2.27. The third-order valence-electron chi connectivity index (χ3n) is 5.49. The molecule has 2 aliphatic rings. The first kappa shape index (κ1) is 17.8. The molecule has 3 rings (SSSR count). The maximum absolute atomic E-state index is 12.1. The predicted molar refractivity (Wildman–Crippen MR) is 99.3 cm³/mol. The van der Waals surface area contributed by atoms with Crippen LogP contribution in [-0.4, -0.2) is 36.6 Å². The van der Waals surface area contributed by atoms with Gasteiger partial charge in [0.25, 0.3) is 0 Å². The van der Waals surface area contributed by atoms with Crippen LogP contribution in [0.5, 0.6) is 0 Å². The van der Waals surface area contributed by atoms with E-state index in [2.05, 4.69) is 21.6 Å². The van der Waals surface area contributed by atoms with Gasteiger partial charge in [-0.15, -0.1) is 0 Å². The van der Waals surface area contributed by atoms with Crippen molar-refractivity contribution in [3.05, 3.63) is 29.8 Å². The van der Waals surface area contributed by atoms with Gasteiger partial charge in [0.1, 0.15) is 0 Å². The summed E-state index contributed by atoms with van der Waals surface area (Å²) in [5, 5.41) is 14.7. The number of likely N-dealkylation sites (tertiary alicyclic amines) is 1. The van der Waals surface area contributed by atoms with Crippen LogP contribution in [0.2, 0.25) is 0 Å². The summed E-state index contributed by atoms with van der Waals surface area (Å²) in [6.07, 6.45) is 9.31. The van der Waals surface area contributed by atoms with Crippen LogP contribution >= 0.6 is 0 Å². The van der Waals surface area contributed by atoms with Gasteiger partial charge in [-0.2, -0.15) is 5.26 Å². The van der Waals surface area contributed by atoms with Gasteiger partial charge in [-0.3, -0.25) is 4.90 Å². The lowest BCUT2D eigenvalue weighted by molar-refractivity contribution is 0.185. The van der Waals surface area contributed by atoms with Crippen LogP contribution in [0.3, 0.4) is 0 Å². The minimum absolute atomic E-state index is 0.172. The highest BCUT2D eigenvalue weighted by Crippen LogP contribution is 2.27. The van der Waals surface area contributed by atoms with Gasteiger partial charge in [0.2, 0.25) is 0 Å². The van der Waals surface area contributed by atoms with E-state index in [1.807, 2.05) is 0 Å². The van der Waals surface area contributed by atoms with Crippen molar-refractivity contribution in [2.75, 3.05) is 25.0 Å². The second-order valence-corrected chi connectivity index (χ2v) is 7.32. The van der Waals surface area contributed by atoms with E-state index >= 15 is 0 Å². The van der Waals surface area contributed by atoms with Crippen LogP contribution in [0.15, 0.2) is 24.3 Å². The third-order valence-corrected chi connectivity index (χ3v) is 5.49. The van der Waals surface area contributed by atoms with Crippen molar-refractivity contribution in [3.8, 4) is 6.07 Å². The number of carbonyl (C=O) groups excluding carboxylic acids is 1. The summed E-state index contributed by atoms with van der Waals surface area (Å²) in [4.78, 5) is 14.7. The van der Waals surface area contributed by atoms with Crippen LogP contribution in [0.25, 0.3) is 0 Å². The zero-order chi connectivity index (χ0) is 17.5. The molecule has 1 aliphatic heterocycles. The molecule has 1 heterocycles. The number of hydrogen-bond acceptors (Lipinski definition) is 3. The molecular weight excluding hydrogens is 312 g/mol. The second kappa shape index (κ2) is 8.87. The average Bonchev–Trinajstić information content (AvgIpc) is 3.08. The maximum Gasteiger partial charge on any atom is 0.319 e. The molecule has 1 saturated heterocycles. The van der Waals surface area contributed by atoms with E-state index in [1.165, 1.54) is 58.0 Å². The maximum atomic E-state index is 12.1. The van der Waals surface area contributed by atoms with Gasteiger partial charge in [0.15, 0.2) is 0 Å². The second-order valence-electron chi connectivity index (χ2n) is 7.32. The van der Waals surface area contributed by atoms with Gasteiger partial charge in [0.05, 0.1) is 11.6 Å². The van der Waals surface area contributed by atoms with Gasteiger partial charge >= 0.3 is 6.03 Å². The van der Waals surface area contributed by atoms with Gasteiger partial charge in [-0.25, -0.2) is 4.79 Å². The van der Waals surface area contributed by atoms with Crippen molar-refractivity contribution in [1.82, 2.24) is 10.2 Å².